The zero-order valence-corrected chi connectivity index (χ0v) is 15.2. The first-order valence-electron chi connectivity index (χ1n) is 8.32. The monoisotopic (exact) mass is 404 g/mol. The van der Waals surface area contributed by atoms with Crippen LogP contribution in [0, 0.1) is 0 Å². The van der Waals surface area contributed by atoms with Crippen molar-refractivity contribution in [2.75, 3.05) is 12.4 Å². The highest BCUT2D eigenvalue weighted by atomic mass is 32.1. The van der Waals surface area contributed by atoms with E-state index in [0.29, 0.717) is 35.3 Å². The van der Waals surface area contributed by atoms with E-state index in [1.807, 2.05) is 0 Å². The fourth-order valence-electron chi connectivity index (χ4n) is 3.37. The van der Waals surface area contributed by atoms with Gasteiger partial charge in [0.1, 0.15) is 17.0 Å². The largest absolute Gasteiger partial charge is 0.465 e. The Labute approximate surface area is 157 Å². The molecule has 3 N–H and O–H groups in total. The quantitative estimate of drug-likeness (QED) is 0.707. The molecule has 148 valence electrons. The van der Waals surface area contributed by atoms with Crippen molar-refractivity contribution in [2.24, 2.45) is 0 Å². The minimum absolute atomic E-state index is 0.131. The molecule has 0 bridgehead atoms. The van der Waals surface area contributed by atoms with Gasteiger partial charge >= 0.3 is 12.3 Å². The van der Waals surface area contributed by atoms with Gasteiger partial charge in [-0.2, -0.15) is 13.2 Å². The third kappa shape index (κ3) is 5.19. The summed E-state index contributed by atoms with van der Waals surface area (Å²) >= 11 is 0.988. The third-order valence-corrected chi connectivity index (χ3v) is 5.46. The number of hydrogen-bond donors (Lipinski definition) is 3. The second-order valence-electron chi connectivity index (χ2n) is 6.50. The topological polar surface area (TPSA) is 96.4 Å². The number of nitrogens with zero attached hydrogens (tertiary/aromatic N) is 2. The summed E-state index contributed by atoms with van der Waals surface area (Å²) in [6.07, 6.45) is -3.49. The smallest absolute Gasteiger partial charge is 0.404 e. The number of hydrogen-bond acceptors (Lipinski definition) is 6. The first-order chi connectivity index (χ1) is 12.7. The van der Waals surface area contributed by atoms with E-state index in [1.54, 1.807) is 7.11 Å². The highest BCUT2D eigenvalue weighted by Gasteiger charge is 2.31. The van der Waals surface area contributed by atoms with Gasteiger partial charge in [-0.1, -0.05) is 0 Å². The fraction of sp³-hybridized carbons (Fsp3) is 0.562. The molecular formula is C16H19F3N4O3S. The molecule has 0 radical (unpaired) electrons. The number of fused-ring (bicyclic) bond motifs is 1. The molecule has 2 aromatic rings. The number of carbonyl (C=O) groups is 1. The van der Waals surface area contributed by atoms with E-state index in [1.165, 1.54) is 12.4 Å². The van der Waals surface area contributed by atoms with E-state index < -0.39 is 18.7 Å². The Kier molecular flexibility index (Phi) is 5.70. The van der Waals surface area contributed by atoms with E-state index in [9.17, 15) is 18.0 Å². The zero-order chi connectivity index (χ0) is 19.6. The van der Waals surface area contributed by atoms with Crippen molar-refractivity contribution in [1.82, 2.24) is 15.3 Å². The summed E-state index contributed by atoms with van der Waals surface area (Å²) < 4.78 is 43.4. The number of ether oxygens (including phenoxy) is 1. The molecule has 1 amide bonds. The first kappa shape index (κ1) is 19.6. The lowest BCUT2D eigenvalue weighted by Gasteiger charge is -2.34. The Hall–Kier alpha value is -2.14. The molecule has 11 heteroatoms. The van der Waals surface area contributed by atoms with Gasteiger partial charge in [0, 0.05) is 24.1 Å². The molecule has 0 saturated heterocycles. The summed E-state index contributed by atoms with van der Waals surface area (Å²) in [5, 5.41) is 15.2. The molecule has 1 aliphatic carbocycles. The Morgan fingerprint density at radius 3 is 2.74 bits per heavy atom. The van der Waals surface area contributed by atoms with Crippen LogP contribution in [0.2, 0.25) is 0 Å². The summed E-state index contributed by atoms with van der Waals surface area (Å²) in [6, 6.07) is 1.04. The third-order valence-electron chi connectivity index (χ3n) is 4.42. The summed E-state index contributed by atoms with van der Waals surface area (Å²) in [7, 11) is 1.57. The second kappa shape index (κ2) is 7.85. The lowest BCUT2D eigenvalue weighted by atomic mass is 9.88. The number of thiophene rings is 1. The van der Waals surface area contributed by atoms with E-state index in [0.717, 1.165) is 11.3 Å². The molecule has 0 aromatic carbocycles. The van der Waals surface area contributed by atoms with Gasteiger partial charge in [0.05, 0.1) is 17.9 Å². The number of aromatic nitrogens is 2. The molecule has 7 nitrogen and oxygen atoms in total. The van der Waals surface area contributed by atoms with Crippen molar-refractivity contribution in [3.8, 4) is 0 Å². The Balaban J connectivity index is 1.79. The van der Waals surface area contributed by atoms with Crippen LogP contribution >= 0.6 is 11.3 Å². The van der Waals surface area contributed by atoms with Gasteiger partial charge in [-0.3, -0.25) is 0 Å². The van der Waals surface area contributed by atoms with Crippen molar-refractivity contribution in [2.45, 2.75) is 50.0 Å². The van der Waals surface area contributed by atoms with Crippen LogP contribution in [-0.4, -0.2) is 52.6 Å². The Bertz CT molecular complexity index is 814. The van der Waals surface area contributed by atoms with Gasteiger partial charge in [0.25, 0.3) is 0 Å². The number of alkyl halides is 3. The van der Waals surface area contributed by atoms with Crippen LogP contribution in [0.15, 0.2) is 12.4 Å². The minimum Gasteiger partial charge on any atom is -0.465 e. The van der Waals surface area contributed by atoms with E-state index in [-0.39, 0.29) is 23.1 Å². The number of nitrogens with one attached hydrogen (secondary N) is 2. The van der Waals surface area contributed by atoms with Crippen LogP contribution in [0.25, 0.3) is 10.2 Å². The summed E-state index contributed by atoms with van der Waals surface area (Å²) in [6.45, 7) is 0. The number of carboxylic acid groups (broad SMARTS) is 1. The SMILES string of the molecule is CO[C@@H]1C[C@H](NC(=O)O)C[C@H](Nc2ncnc3sc(CC(F)(F)F)cc23)C1. The lowest BCUT2D eigenvalue weighted by Crippen LogP contribution is -2.46. The lowest BCUT2D eigenvalue weighted by molar-refractivity contribution is -0.126. The molecule has 1 aliphatic rings. The maximum Gasteiger partial charge on any atom is 0.404 e. The summed E-state index contributed by atoms with van der Waals surface area (Å²) in [5.74, 6) is 0.445. The standard InChI is InChI=1S/C16H19F3N4O3S/c1-26-10-3-8(2-9(4-10)23-15(24)25)22-13-12-5-11(6-16(17,18)19)27-14(12)21-7-20-13/h5,7-10,23H,2-4,6H2,1H3,(H,24,25)(H,20,21,22)/t8-,9+,10-/m0/s1. The molecule has 0 spiro atoms. The highest BCUT2D eigenvalue weighted by molar-refractivity contribution is 7.18. The van der Waals surface area contributed by atoms with E-state index >= 15 is 0 Å². The van der Waals surface area contributed by atoms with Gasteiger partial charge in [0.15, 0.2) is 0 Å². The second-order valence-corrected chi connectivity index (χ2v) is 7.61. The summed E-state index contributed by atoms with van der Waals surface area (Å²) in [5.41, 5.74) is 0. The number of anilines is 1. The molecule has 3 atom stereocenters. The average Bonchev–Trinajstić information content (AvgIpc) is 2.95. The molecule has 27 heavy (non-hydrogen) atoms. The highest BCUT2D eigenvalue weighted by Crippen LogP contribution is 2.33. The van der Waals surface area contributed by atoms with Gasteiger partial charge in [-0.05, 0) is 25.3 Å². The average molecular weight is 404 g/mol. The van der Waals surface area contributed by atoms with Crippen LogP contribution in [0.5, 0.6) is 0 Å². The van der Waals surface area contributed by atoms with Crippen molar-refractivity contribution < 1.29 is 27.8 Å². The Morgan fingerprint density at radius 1 is 1.33 bits per heavy atom. The van der Waals surface area contributed by atoms with Gasteiger partial charge in [-0.25, -0.2) is 14.8 Å². The van der Waals surface area contributed by atoms with Crippen LogP contribution < -0.4 is 10.6 Å². The Morgan fingerprint density at radius 2 is 2.07 bits per heavy atom. The molecule has 0 unspecified atom stereocenters. The normalized spacial score (nSPS) is 23.3. The minimum atomic E-state index is -4.29. The van der Waals surface area contributed by atoms with Crippen LogP contribution in [-0.2, 0) is 11.2 Å². The number of amides is 1. The number of methoxy groups -OCH3 is 1. The predicted molar refractivity (Wildman–Crippen MR) is 94.2 cm³/mol. The predicted octanol–water partition coefficient (Wildman–Crippen LogP) is 3.41. The maximum atomic E-state index is 12.7. The molecule has 0 aliphatic heterocycles. The maximum absolute atomic E-state index is 12.7. The van der Waals surface area contributed by atoms with Gasteiger partial charge in [-0.15, -0.1) is 11.3 Å². The molecule has 1 saturated carbocycles. The van der Waals surface area contributed by atoms with Gasteiger partial charge < -0.3 is 20.5 Å². The van der Waals surface area contributed by atoms with E-state index in [4.69, 9.17) is 9.84 Å². The zero-order valence-electron chi connectivity index (χ0n) is 14.4. The summed E-state index contributed by atoms with van der Waals surface area (Å²) in [4.78, 5) is 19.8. The molecule has 3 rings (SSSR count). The number of halogens is 3. The fourth-order valence-corrected chi connectivity index (χ4v) is 4.39. The van der Waals surface area contributed by atoms with Crippen molar-refractivity contribution in [3.05, 3.63) is 17.3 Å². The first-order valence-corrected chi connectivity index (χ1v) is 9.14. The van der Waals surface area contributed by atoms with Crippen LogP contribution in [0.3, 0.4) is 0 Å². The van der Waals surface area contributed by atoms with Crippen molar-refractivity contribution in [3.63, 3.8) is 0 Å². The van der Waals surface area contributed by atoms with Crippen molar-refractivity contribution in [1.29, 1.82) is 0 Å². The van der Waals surface area contributed by atoms with Crippen LogP contribution in [0.1, 0.15) is 24.1 Å². The molecular weight excluding hydrogens is 385 g/mol. The number of rotatable bonds is 5. The molecule has 2 heterocycles. The van der Waals surface area contributed by atoms with Gasteiger partial charge in [0.2, 0.25) is 0 Å². The van der Waals surface area contributed by atoms with Crippen LogP contribution in [0.4, 0.5) is 23.8 Å². The van der Waals surface area contributed by atoms with Crippen molar-refractivity contribution >= 4 is 33.5 Å². The van der Waals surface area contributed by atoms with E-state index in [2.05, 4.69) is 20.6 Å². The molecule has 1 fully saturated rings. The molecule has 2 aromatic heterocycles.